The van der Waals surface area contributed by atoms with Gasteiger partial charge in [-0.15, -0.1) is 0 Å². The van der Waals surface area contributed by atoms with E-state index in [4.69, 9.17) is 11.5 Å². The summed E-state index contributed by atoms with van der Waals surface area (Å²) in [5.74, 6) is 2.19. The molecule has 0 radical (unpaired) electrons. The summed E-state index contributed by atoms with van der Waals surface area (Å²) in [7, 11) is 0. The van der Waals surface area contributed by atoms with E-state index in [0.717, 1.165) is 11.7 Å². The maximum absolute atomic E-state index is 5.71. The molecule has 0 aliphatic heterocycles. The van der Waals surface area contributed by atoms with Crippen LogP contribution in [-0.4, -0.2) is 11.0 Å². The van der Waals surface area contributed by atoms with E-state index in [1.807, 2.05) is 12.1 Å². The van der Waals surface area contributed by atoms with Crippen LogP contribution in [0.2, 0.25) is 0 Å². The maximum atomic E-state index is 5.71. The first-order valence-electron chi connectivity index (χ1n) is 6.97. The fraction of sp³-hybridized carbons (Fsp3) is 0.643. The minimum absolute atomic E-state index is 0.416. The van der Waals surface area contributed by atoms with Crippen molar-refractivity contribution in [1.29, 1.82) is 0 Å². The van der Waals surface area contributed by atoms with Crippen LogP contribution >= 0.6 is 0 Å². The number of hydrogen-bond acceptors (Lipinski definition) is 4. The van der Waals surface area contributed by atoms with Gasteiger partial charge in [-0.2, -0.15) is 0 Å². The number of nitrogens with one attached hydrogen (secondary N) is 1. The van der Waals surface area contributed by atoms with Crippen molar-refractivity contribution in [1.82, 2.24) is 4.98 Å². The molecule has 0 aromatic carbocycles. The summed E-state index contributed by atoms with van der Waals surface area (Å²) in [5, 5.41) is 3.46. The van der Waals surface area contributed by atoms with Crippen LogP contribution in [0.25, 0.3) is 0 Å². The van der Waals surface area contributed by atoms with Gasteiger partial charge in [-0.3, -0.25) is 0 Å². The minimum atomic E-state index is 0.416. The molecule has 0 amide bonds. The van der Waals surface area contributed by atoms with Gasteiger partial charge in [0.15, 0.2) is 0 Å². The molecule has 100 valence electrons. The van der Waals surface area contributed by atoms with E-state index in [9.17, 15) is 0 Å². The quantitative estimate of drug-likeness (QED) is 0.765. The normalized spacial score (nSPS) is 23.8. The van der Waals surface area contributed by atoms with E-state index in [2.05, 4.69) is 17.2 Å². The molecule has 1 aromatic heterocycles. The second-order valence-corrected chi connectivity index (χ2v) is 5.32. The number of rotatable bonds is 4. The van der Waals surface area contributed by atoms with Gasteiger partial charge in [-0.05, 0) is 43.7 Å². The van der Waals surface area contributed by atoms with Crippen LogP contribution in [0.5, 0.6) is 0 Å². The zero-order chi connectivity index (χ0) is 13.0. The standard InChI is InChI=1S/C14H24N4/c1-2-3-10-4-6-11(7-5-10)17-13-9-8-12(15)14(16)18-13/h8-11H,2-7,15H2,1H3,(H3,16,17,18). The van der Waals surface area contributed by atoms with Gasteiger partial charge < -0.3 is 16.8 Å². The van der Waals surface area contributed by atoms with Gasteiger partial charge >= 0.3 is 0 Å². The highest BCUT2D eigenvalue weighted by atomic mass is 15.0. The lowest BCUT2D eigenvalue weighted by atomic mass is 9.83. The molecule has 2 rings (SSSR count). The lowest BCUT2D eigenvalue weighted by molar-refractivity contribution is 0.318. The number of hydrogen-bond donors (Lipinski definition) is 3. The van der Waals surface area contributed by atoms with Crippen molar-refractivity contribution in [2.24, 2.45) is 5.92 Å². The molecule has 1 aliphatic carbocycles. The molecular weight excluding hydrogens is 224 g/mol. The first-order valence-corrected chi connectivity index (χ1v) is 6.97. The molecular formula is C14H24N4. The van der Waals surface area contributed by atoms with Crippen LogP contribution in [0.4, 0.5) is 17.3 Å². The molecule has 0 bridgehead atoms. The third-order valence-electron chi connectivity index (χ3n) is 3.85. The Morgan fingerprint density at radius 2 is 1.94 bits per heavy atom. The van der Waals surface area contributed by atoms with Gasteiger partial charge in [-0.25, -0.2) is 4.98 Å². The van der Waals surface area contributed by atoms with Crippen LogP contribution in [0.15, 0.2) is 12.1 Å². The Morgan fingerprint density at radius 1 is 1.22 bits per heavy atom. The smallest absolute Gasteiger partial charge is 0.149 e. The molecule has 0 unspecified atom stereocenters. The monoisotopic (exact) mass is 248 g/mol. The summed E-state index contributed by atoms with van der Waals surface area (Å²) < 4.78 is 0. The second kappa shape index (κ2) is 5.94. The fourth-order valence-corrected chi connectivity index (χ4v) is 2.78. The first-order chi connectivity index (χ1) is 8.69. The molecule has 4 heteroatoms. The summed E-state index contributed by atoms with van der Waals surface area (Å²) in [5.41, 5.74) is 11.9. The number of nitrogens with zero attached hydrogens (tertiary/aromatic N) is 1. The van der Waals surface area contributed by atoms with Gasteiger partial charge in [0, 0.05) is 6.04 Å². The first kappa shape index (κ1) is 13.0. The van der Waals surface area contributed by atoms with E-state index in [1.54, 1.807) is 0 Å². The van der Waals surface area contributed by atoms with Gasteiger partial charge in [0.25, 0.3) is 0 Å². The largest absolute Gasteiger partial charge is 0.396 e. The van der Waals surface area contributed by atoms with E-state index < -0.39 is 0 Å². The molecule has 0 saturated heterocycles. The lowest BCUT2D eigenvalue weighted by Crippen LogP contribution is -2.26. The third kappa shape index (κ3) is 3.28. The van der Waals surface area contributed by atoms with Crippen molar-refractivity contribution in [2.45, 2.75) is 51.5 Å². The van der Waals surface area contributed by atoms with Gasteiger partial charge in [0.2, 0.25) is 0 Å². The predicted octanol–water partition coefficient (Wildman–Crippen LogP) is 3.02. The van der Waals surface area contributed by atoms with Crippen molar-refractivity contribution in [2.75, 3.05) is 16.8 Å². The van der Waals surface area contributed by atoms with Crippen LogP contribution in [0, 0.1) is 5.92 Å². The Bertz CT molecular complexity index is 383. The summed E-state index contributed by atoms with van der Waals surface area (Å²) in [6.07, 6.45) is 7.80. The maximum Gasteiger partial charge on any atom is 0.149 e. The van der Waals surface area contributed by atoms with Crippen molar-refractivity contribution in [3.8, 4) is 0 Å². The average Bonchev–Trinajstić information content (AvgIpc) is 2.37. The second-order valence-electron chi connectivity index (χ2n) is 5.32. The summed E-state index contributed by atoms with van der Waals surface area (Å²) in [6.45, 7) is 2.27. The third-order valence-corrected chi connectivity index (χ3v) is 3.85. The topological polar surface area (TPSA) is 77.0 Å². The van der Waals surface area contributed by atoms with Gasteiger partial charge in [-0.1, -0.05) is 19.8 Å². The molecule has 5 N–H and O–H groups in total. The number of nitrogens with two attached hydrogens (primary N) is 2. The summed E-state index contributed by atoms with van der Waals surface area (Å²) in [6, 6.07) is 4.26. The van der Waals surface area contributed by atoms with Crippen molar-refractivity contribution >= 4 is 17.3 Å². The number of aromatic nitrogens is 1. The number of pyridine rings is 1. The average molecular weight is 248 g/mol. The molecule has 18 heavy (non-hydrogen) atoms. The van der Waals surface area contributed by atoms with E-state index in [0.29, 0.717) is 17.5 Å². The highest BCUT2D eigenvalue weighted by Crippen LogP contribution is 2.29. The molecule has 1 saturated carbocycles. The molecule has 0 atom stereocenters. The predicted molar refractivity (Wildman–Crippen MR) is 77.3 cm³/mol. The highest BCUT2D eigenvalue weighted by Gasteiger charge is 2.20. The number of nitrogen functional groups attached to an aromatic ring is 2. The summed E-state index contributed by atoms with van der Waals surface area (Å²) in [4.78, 5) is 4.26. The van der Waals surface area contributed by atoms with Crippen molar-refractivity contribution in [3.05, 3.63) is 12.1 Å². The Kier molecular flexibility index (Phi) is 4.28. The van der Waals surface area contributed by atoms with Crippen LogP contribution < -0.4 is 16.8 Å². The van der Waals surface area contributed by atoms with E-state index >= 15 is 0 Å². The zero-order valence-electron chi connectivity index (χ0n) is 11.2. The number of anilines is 3. The molecule has 1 fully saturated rings. The molecule has 1 heterocycles. The van der Waals surface area contributed by atoms with E-state index in [1.165, 1.54) is 38.5 Å². The van der Waals surface area contributed by atoms with E-state index in [-0.39, 0.29) is 0 Å². The molecule has 1 aromatic rings. The van der Waals surface area contributed by atoms with Gasteiger partial charge in [0.05, 0.1) is 5.69 Å². The van der Waals surface area contributed by atoms with Gasteiger partial charge in [0.1, 0.15) is 11.6 Å². The molecule has 0 spiro atoms. The Balaban J connectivity index is 1.85. The fourth-order valence-electron chi connectivity index (χ4n) is 2.78. The van der Waals surface area contributed by atoms with Crippen LogP contribution in [0.3, 0.4) is 0 Å². The Hall–Kier alpha value is -1.45. The highest BCUT2D eigenvalue weighted by molar-refractivity contribution is 5.61. The van der Waals surface area contributed by atoms with Crippen LogP contribution in [0.1, 0.15) is 45.4 Å². The minimum Gasteiger partial charge on any atom is -0.396 e. The SMILES string of the molecule is CCCC1CCC(Nc2ccc(N)c(N)n2)CC1. The van der Waals surface area contributed by atoms with Crippen LogP contribution in [-0.2, 0) is 0 Å². The zero-order valence-corrected chi connectivity index (χ0v) is 11.2. The Labute approximate surface area is 109 Å². The lowest BCUT2D eigenvalue weighted by Gasteiger charge is -2.29. The Morgan fingerprint density at radius 3 is 2.56 bits per heavy atom. The summed E-state index contributed by atoms with van der Waals surface area (Å²) >= 11 is 0. The molecule has 1 aliphatic rings. The molecule has 4 nitrogen and oxygen atoms in total. The van der Waals surface area contributed by atoms with Crippen molar-refractivity contribution in [3.63, 3.8) is 0 Å². The van der Waals surface area contributed by atoms with Crippen molar-refractivity contribution < 1.29 is 0 Å².